The van der Waals surface area contributed by atoms with E-state index in [1.54, 1.807) is 121 Å². The van der Waals surface area contributed by atoms with Crippen LogP contribution in [0.25, 0.3) is 0 Å². The number of ether oxygens (including phenoxy) is 6. The molecule has 0 aliphatic carbocycles. The first-order chi connectivity index (χ1) is 70.2. The highest BCUT2D eigenvalue weighted by Crippen LogP contribution is 2.43. The third-order valence-corrected chi connectivity index (χ3v) is 22.9. The van der Waals surface area contributed by atoms with Crippen molar-refractivity contribution in [3.05, 3.63) is 434 Å². The predicted molar refractivity (Wildman–Crippen MR) is 589 cm³/mol. The maximum absolute atomic E-state index is 12.3. The molecule has 0 bridgehead atoms. The molecule has 0 spiro atoms. The van der Waals surface area contributed by atoms with Crippen LogP contribution in [0.5, 0.6) is 63.2 Å². The van der Waals surface area contributed by atoms with Crippen molar-refractivity contribution in [2.75, 3.05) is 59.3 Å². The van der Waals surface area contributed by atoms with E-state index in [-0.39, 0.29) is 53.4 Å². The van der Waals surface area contributed by atoms with E-state index < -0.39 is 6.36 Å². The monoisotopic (exact) mass is 2100 g/mol. The van der Waals surface area contributed by atoms with Gasteiger partial charge in [0.15, 0.2) is 28.7 Å². The lowest BCUT2D eigenvalue weighted by Gasteiger charge is -2.26. The van der Waals surface area contributed by atoms with Gasteiger partial charge in [0, 0.05) is 113 Å². The summed E-state index contributed by atoms with van der Waals surface area (Å²) in [6.07, 6.45) is 0.294. The van der Waals surface area contributed by atoms with Gasteiger partial charge in [0.25, 0.3) is 0 Å². The maximum atomic E-state index is 12.3. The van der Waals surface area contributed by atoms with E-state index in [9.17, 15) is 37.1 Å². The molecule has 31 heteroatoms. The van der Waals surface area contributed by atoms with Crippen LogP contribution in [0.2, 0.25) is 35.2 Å². The first-order valence-electron chi connectivity index (χ1n) is 45.9. The van der Waals surface area contributed by atoms with Crippen molar-refractivity contribution in [3.8, 4) is 63.2 Å². The van der Waals surface area contributed by atoms with E-state index in [4.69, 9.17) is 105 Å². The molecule has 146 heavy (non-hydrogen) atoms. The number of amides is 5. The zero-order valence-electron chi connectivity index (χ0n) is 80.5. The number of para-hydroxylation sites is 13. The Balaban J connectivity index is 0.000000174. The zero-order chi connectivity index (χ0) is 105. The summed E-state index contributed by atoms with van der Waals surface area (Å²) in [5, 5.41) is 32.6. The van der Waals surface area contributed by atoms with Crippen molar-refractivity contribution in [1.82, 2.24) is 0 Å². The predicted octanol–water partition coefficient (Wildman–Crippen LogP) is 33.9. The second kappa shape index (κ2) is 56.1. The van der Waals surface area contributed by atoms with Gasteiger partial charge in [-0.25, -0.2) is 0 Å². The largest absolute Gasteiger partial charge is 0.573 e. The van der Waals surface area contributed by atoms with Crippen LogP contribution in [0.3, 0.4) is 0 Å². The number of carbonyl (C=O) groups is 5. The highest BCUT2D eigenvalue weighted by atomic mass is 35.5. The van der Waals surface area contributed by atoms with Crippen LogP contribution in [-0.4, -0.2) is 42.4 Å². The Kier molecular flexibility index (Phi) is 42.7. The number of halogens is 10. The van der Waals surface area contributed by atoms with Gasteiger partial charge >= 0.3 is 6.36 Å². The fraction of sp³-hybridized carbons (Fsp3) is 0.139. The number of nitrogens with zero attached hydrogens (tertiary/aromatic N) is 1. The van der Waals surface area contributed by atoms with Crippen LogP contribution in [0.1, 0.15) is 107 Å². The van der Waals surface area contributed by atoms with Crippen LogP contribution in [0.4, 0.5) is 70.0 Å². The zero-order valence-corrected chi connectivity index (χ0v) is 85.8. The minimum atomic E-state index is -4.75. The van der Waals surface area contributed by atoms with Gasteiger partial charge in [-0.1, -0.05) is 209 Å². The fourth-order valence-corrected chi connectivity index (χ4v) is 15.9. The lowest BCUT2D eigenvalue weighted by atomic mass is 10.0. The molecular formula is C115H106Cl7F3N10O11. The van der Waals surface area contributed by atoms with Crippen molar-refractivity contribution in [3.63, 3.8) is 0 Å². The van der Waals surface area contributed by atoms with Crippen molar-refractivity contribution in [2.45, 2.75) is 98.9 Å². The van der Waals surface area contributed by atoms with Crippen molar-refractivity contribution >= 4 is 168 Å². The normalized spacial score (nSPS) is 11.2. The van der Waals surface area contributed by atoms with Crippen LogP contribution in [0.15, 0.2) is 371 Å². The minimum absolute atomic E-state index is 0.0265. The van der Waals surface area contributed by atoms with Crippen LogP contribution >= 0.6 is 81.2 Å². The molecule has 0 radical (unpaired) electrons. The SMILES string of the molecule is C=CCC(Nc1ccccc1Oc1ccc(Cl)cc1)c1ccccc1NC(C)=O.C=CC[C@@H](Nc1ccccc1Oc1ccc(Cl)cc1)c1ccccc1NC(C)=O.CC(=O)Nc1ccc(Cl)cc1CNc1ccccc1Oc1ccc(Cl)cc1Cl.CC(=O)Nc1ccc(Cl)cc1CNc1ccccc1Oc1ccc(OC(F)(F)F)cc1.CCN(C(C)=O)c1ccccc1C(C)Nc1ccccc1Oc1ccc(Cl)cc1. The molecule has 0 saturated heterocycles. The van der Waals surface area contributed by atoms with E-state index >= 15 is 0 Å². The number of anilines is 10. The van der Waals surface area contributed by atoms with Gasteiger partial charge in [-0.15, -0.1) is 26.3 Å². The average Bonchev–Trinajstić information content (AvgIpc) is 0.832. The molecule has 0 aliphatic heterocycles. The summed E-state index contributed by atoms with van der Waals surface area (Å²) in [7, 11) is 0. The Morgan fingerprint density at radius 2 is 0.623 bits per heavy atom. The first kappa shape index (κ1) is 111. The number of benzene rings is 15. The summed E-state index contributed by atoms with van der Waals surface area (Å²) in [5.41, 5.74) is 12.4. The van der Waals surface area contributed by atoms with E-state index in [2.05, 4.69) is 72.7 Å². The van der Waals surface area contributed by atoms with Crippen molar-refractivity contribution in [1.29, 1.82) is 0 Å². The Bertz CT molecular complexity index is 6760. The van der Waals surface area contributed by atoms with Crippen LogP contribution in [0, 0.1) is 0 Å². The molecule has 15 rings (SSSR count). The summed E-state index contributed by atoms with van der Waals surface area (Å²) in [6, 6.07) is 103. The van der Waals surface area contributed by atoms with Gasteiger partial charge in [0.05, 0.1) is 51.6 Å². The second-order valence-corrected chi connectivity index (χ2v) is 35.3. The fourth-order valence-electron chi connectivity index (χ4n) is 14.7. The van der Waals surface area contributed by atoms with E-state index in [0.717, 1.165) is 73.4 Å². The number of alkyl halides is 3. The maximum Gasteiger partial charge on any atom is 0.573 e. The molecule has 5 amide bonds. The standard InChI is InChI=1S/C24H25ClN2O2.2C24H23ClN2O2.C22H18ClF3N2O3.C21H17Cl3N2O2/c1-4-27(18(3)28)23-11-7-5-9-21(23)17(2)26-22-10-6-8-12-24(22)29-20-15-13-19(25)14-16-20;2*1-3-8-21(20-9-4-5-10-22(20)26-17(2)28)27-23-11-6-7-12-24(23)29-19-15-13-18(25)14-16-19;1-14(29)28-19-11-6-16(23)12-15(19)13-27-20-4-2-3-5-21(20)30-17-7-9-18(10-8-17)31-22(24,25)26;1-13(27)26-18-8-6-15(22)10-14(18)12-25-19-4-2-3-5-21(19)28-20-9-7-16(23)11-17(20)24/h5-17,26H,4H2,1-3H3;2*3-7,9-16,21,27H,1,8H2,2H3,(H,26,28);2-12,27H,13H2,1H3,(H,28,29);2-11,25H,12H2,1H3,(H,26,27)/t;21-;;;/m.1.../s1. The molecule has 752 valence electrons. The Hall–Kier alpha value is -15.3. The van der Waals surface area contributed by atoms with E-state index in [0.29, 0.717) is 136 Å². The highest BCUT2D eigenvalue weighted by Gasteiger charge is 2.31. The van der Waals surface area contributed by atoms with Gasteiger partial charge in [-0.2, -0.15) is 0 Å². The molecule has 9 N–H and O–H groups in total. The van der Waals surface area contributed by atoms with Crippen molar-refractivity contribution in [2.24, 2.45) is 0 Å². The smallest absolute Gasteiger partial charge is 0.455 e. The number of rotatable bonds is 36. The quantitative estimate of drug-likeness (QED) is 0.0166. The summed E-state index contributed by atoms with van der Waals surface area (Å²) < 4.78 is 70.7. The molecule has 15 aromatic rings. The topological polar surface area (TPSA) is 252 Å². The Morgan fingerprint density at radius 1 is 0.329 bits per heavy atom. The Morgan fingerprint density at radius 3 is 0.979 bits per heavy atom. The van der Waals surface area contributed by atoms with Gasteiger partial charge in [0.1, 0.15) is 34.5 Å². The van der Waals surface area contributed by atoms with Gasteiger partial charge < -0.3 is 81.2 Å². The molecule has 15 aromatic carbocycles. The number of carbonyl (C=O) groups excluding carboxylic acids is 5. The number of hydrogen-bond donors (Lipinski definition) is 9. The van der Waals surface area contributed by atoms with Crippen LogP contribution in [-0.2, 0) is 37.1 Å². The molecular weight excluding hydrogens is 2000 g/mol. The Labute approximate surface area is 882 Å². The second-order valence-electron chi connectivity index (χ2n) is 32.3. The molecule has 2 unspecified atom stereocenters. The highest BCUT2D eigenvalue weighted by molar-refractivity contribution is 6.35. The number of hydrogen-bond acceptors (Lipinski definition) is 16. The summed E-state index contributed by atoms with van der Waals surface area (Å²) in [6.45, 7) is 20.7. The summed E-state index contributed by atoms with van der Waals surface area (Å²) in [5.74, 6) is 5.25. The average molecular weight is 2110 g/mol. The molecule has 0 saturated carbocycles. The van der Waals surface area contributed by atoms with Gasteiger partial charge in [0.2, 0.25) is 29.5 Å². The lowest BCUT2D eigenvalue weighted by molar-refractivity contribution is -0.274. The number of nitrogens with one attached hydrogen (secondary N) is 9. The first-order valence-corrected chi connectivity index (χ1v) is 48.5. The lowest BCUT2D eigenvalue weighted by Crippen LogP contribution is -2.29. The third-order valence-electron chi connectivity index (χ3n) is 21.2. The third kappa shape index (κ3) is 35.7. The van der Waals surface area contributed by atoms with Gasteiger partial charge in [-0.3, -0.25) is 24.0 Å². The van der Waals surface area contributed by atoms with Crippen molar-refractivity contribution < 1.29 is 65.6 Å². The molecule has 0 heterocycles. The molecule has 21 nitrogen and oxygen atoms in total. The van der Waals surface area contributed by atoms with E-state index in [1.807, 2.05) is 231 Å². The molecule has 0 aromatic heterocycles. The van der Waals surface area contributed by atoms with Gasteiger partial charge in [-0.05, 0) is 285 Å². The van der Waals surface area contributed by atoms with Crippen LogP contribution < -0.4 is 81.2 Å². The molecule has 0 fully saturated rings. The summed E-state index contributed by atoms with van der Waals surface area (Å²) >= 11 is 42.2. The van der Waals surface area contributed by atoms with E-state index in [1.165, 1.54) is 52.0 Å². The molecule has 3 atom stereocenters. The summed E-state index contributed by atoms with van der Waals surface area (Å²) in [4.78, 5) is 59.9. The molecule has 0 aliphatic rings. The minimum Gasteiger partial charge on any atom is -0.455 e.